The molecular formula is C23H14Cl2N2O5S. The predicted octanol–water partition coefficient (Wildman–Crippen LogP) is 4.87. The molecule has 1 aliphatic rings. The molecule has 2 aromatic carbocycles. The number of ether oxygens (including phenoxy) is 1. The van der Waals surface area contributed by atoms with E-state index in [0.717, 1.165) is 4.90 Å². The first-order valence-electron chi connectivity index (χ1n) is 9.44. The van der Waals surface area contributed by atoms with Gasteiger partial charge in [-0.25, -0.2) is 4.79 Å². The Morgan fingerprint density at radius 3 is 2.52 bits per heavy atom. The molecule has 2 heterocycles. The van der Waals surface area contributed by atoms with Gasteiger partial charge in [-0.3, -0.25) is 19.8 Å². The number of amides is 2. The number of halogens is 2. The van der Waals surface area contributed by atoms with Gasteiger partial charge in [-0.2, -0.15) is 0 Å². The van der Waals surface area contributed by atoms with Crippen LogP contribution < -0.4 is 10.2 Å². The molecule has 1 aromatic heterocycles. The average molecular weight is 501 g/mol. The summed E-state index contributed by atoms with van der Waals surface area (Å²) in [6.07, 6.45) is 1.32. The van der Waals surface area contributed by atoms with Crippen molar-refractivity contribution in [3.05, 3.63) is 81.5 Å². The van der Waals surface area contributed by atoms with Crippen LogP contribution in [-0.2, 0) is 14.3 Å². The monoisotopic (exact) mass is 500 g/mol. The molecule has 0 spiro atoms. The lowest BCUT2D eigenvalue weighted by Crippen LogP contribution is -2.54. The average Bonchev–Trinajstić information content (AvgIpc) is 3.27. The Morgan fingerprint density at radius 1 is 1.09 bits per heavy atom. The fraction of sp³-hybridized carbons (Fsp3) is 0.0435. The van der Waals surface area contributed by atoms with Crippen LogP contribution in [0.2, 0.25) is 10.0 Å². The Bertz CT molecular complexity index is 1330. The third-order valence-corrected chi connectivity index (χ3v) is 5.87. The quantitative estimate of drug-likeness (QED) is 0.238. The van der Waals surface area contributed by atoms with Crippen molar-refractivity contribution in [1.82, 2.24) is 5.32 Å². The van der Waals surface area contributed by atoms with Crippen molar-refractivity contribution in [2.24, 2.45) is 0 Å². The lowest BCUT2D eigenvalue weighted by Gasteiger charge is -2.29. The summed E-state index contributed by atoms with van der Waals surface area (Å²) < 4.78 is 10.5. The number of nitrogens with zero attached hydrogens (tertiary/aromatic N) is 1. The van der Waals surface area contributed by atoms with Gasteiger partial charge >= 0.3 is 5.97 Å². The molecule has 166 valence electrons. The summed E-state index contributed by atoms with van der Waals surface area (Å²) in [6.45, 7) is 0. The Kier molecular flexibility index (Phi) is 6.33. The molecule has 0 aliphatic carbocycles. The van der Waals surface area contributed by atoms with Gasteiger partial charge in [0.05, 0.1) is 28.4 Å². The highest BCUT2D eigenvalue weighted by atomic mass is 35.5. The first kappa shape index (κ1) is 22.7. The molecular weight excluding hydrogens is 487 g/mol. The fourth-order valence-corrected chi connectivity index (χ4v) is 3.81. The molecule has 4 rings (SSSR count). The number of carbonyl (C=O) groups is 3. The van der Waals surface area contributed by atoms with Crippen molar-refractivity contribution in [1.29, 1.82) is 0 Å². The van der Waals surface area contributed by atoms with Crippen molar-refractivity contribution < 1.29 is 23.5 Å². The van der Waals surface area contributed by atoms with Gasteiger partial charge in [0, 0.05) is 5.56 Å². The molecule has 0 radical (unpaired) electrons. The van der Waals surface area contributed by atoms with Crippen LogP contribution in [-0.4, -0.2) is 30.0 Å². The second-order valence-corrected chi connectivity index (χ2v) is 7.97. The molecule has 10 heteroatoms. The summed E-state index contributed by atoms with van der Waals surface area (Å²) in [6, 6.07) is 14.6. The summed E-state index contributed by atoms with van der Waals surface area (Å²) in [5, 5.41) is 2.73. The Balaban J connectivity index is 1.65. The van der Waals surface area contributed by atoms with Gasteiger partial charge in [-0.1, -0.05) is 41.4 Å². The molecule has 0 unspecified atom stereocenters. The van der Waals surface area contributed by atoms with E-state index < -0.39 is 17.8 Å². The maximum absolute atomic E-state index is 13.1. The van der Waals surface area contributed by atoms with Crippen LogP contribution in [0.1, 0.15) is 16.1 Å². The zero-order chi connectivity index (χ0) is 23.7. The maximum atomic E-state index is 13.1. The number of hydrogen-bond acceptors (Lipinski definition) is 6. The van der Waals surface area contributed by atoms with E-state index in [1.54, 1.807) is 54.6 Å². The van der Waals surface area contributed by atoms with Gasteiger partial charge in [-0.05, 0) is 54.7 Å². The van der Waals surface area contributed by atoms with Crippen molar-refractivity contribution in [3.63, 3.8) is 0 Å². The molecule has 2 amide bonds. The number of methoxy groups -OCH3 is 1. The van der Waals surface area contributed by atoms with Gasteiger partial charge in [0.25, 0.3) is 11.8 Å². The topological polar surface area (TPSA) is 88.9 Å². The van der Waals surface area contributed by atoms with E-state index in [9.17, 15) is 14.4 Å². The summed E-state index contributed by atoms with van der Waals surface area (Å²) in [5.74, 6) is -1.04. The van der Waals surface area contributed by atoms with E-state index in [2.05, 4.69) is 10.1 Å². The van der Waals surface area contributed by atoms with Crippen LogP contribution in [0.4, 0.5) is 5.69 Å². The van der Waals surface area contributed by atoms with Crippen LogP contribution in [0.25, 0.3) is 17.4 Å². The van der Waals surface area contributed by atoms with E-state index in [-0.39, 0.29) is 32.2 Å². The zero-order valence-electron chi connectivity index (χ0n) is 16.9. The first-order valence-corrected chi connectivity index (χ1v) is 10.6. The van der Waals surface area contributed by atoms with Crippen LogP contribution in [0, 0.1) is 0 Å². The minimum absolute atomic E-state index is 0.114. The second-order valence-electron chi connectivity index (χ2n) is 6.80. The van der Waals surface area contributed by atoms with Crippen LogP contribution in [0.5, 0.6) is 0 Å². The maximum Gasteiger partial charge on any atom is 0.337 e. The minimum Gasteiger partial charge on any atom is -0.465 e. The SMILES string of the molecule is COC(=O)c1ccc(-c2ccc(/C=C3\C(=O)NC(=S)N(c4cccc(Cl)c4Cl)C3=O)o2)cc1. The minimum atomic E-state index is -0.673. The number of thiocarbonyl (C=S) groups is 1. The van der Waals surface area contributed by atoms with Crippen molar-refractivity contribution in [2.45, 2.75) is 0 Å². The van der Waals surface area contributed by atoms with E-state index >= 15 is 0 Å². The summed E-state index contributed by atoms with van der Waals surface area (Å²) in [7, 11) is 1.30. The summed E-state index contributed by atoms with van der Waals surface area (Å²) in [5.41, 5.74) is 1.15. The molecule has 33 heavy (non-hydrogen) atoms. The van der Waals surface area contributed by atoms with Crippen molar-refractivity contribution in [2.75, 3.05) is 12.0 Å². The molecule has 3 aromatic rings. The third kappa shape index (κ3) is 4.41. The van der Waals surface area contributed by atoms with E-state index in [0.29, 0.717) is 16.9 Å². The number of rotatable bonds is 4. The number of hydrogen-bond donors (Lipinski definition) is 1. The molecule has 1 aliphatic heterocycles. The molecule has 1 fully saturated rings. The Morgan fingerprint density at radius 2 is 1.82 bits per heavy atom. The molecule has 0 bridgehead atoms. The van der Waals surface area contributed by atoms with Gasteiger partial charge < -0.3 is 9.15 Å². The molecule has 1 saturated heterocycles. The fourth-order valence-electron chi connectivity index (χ4n) is 3.16. The highest BCUT2D eigenvalue weighted by Crippen LogP contribution is 2.34. The standard InChI is InChI=1S/C23H14Cl2N2O5S/c1-31-22(30)13-7-5-12(6-8-13)18-10-9-14(32-18)11-15-20(28)26-23(33)27(21(15)29)17-4-2-3-16(24)19(17)25/h2-11H,1H3,(H,26,28,33)/b15-11+. The zero-order valence-corrected chi connectivity index (χ0v) is 19.3. The number of furan rings is 1. The number of nitrogens with one attached hydrogen (secondary N) is 1. The normalized spacial score (nSPS) is 15.1. The van der Waals surface area contributed by atoms with Gasteiger partial charge in [0.1, 0.15) is 17.1 Å². The lowest BCUT2D eigenvalue weighted by atomic mass is 10.1. The largest absolute Gasteiger partial charge is 0.465 e. The molecule has 0 saturated carbocycles. The molecule has 7 nitrogen and oxygen atoms in total. The van der Waals surface area contributed by atoms with Crippen LogP contribution in [0.15, 0.2) is 64.6 Å². The van der Waals surface area contributed by atoms with Crippen molar-refractivity contribution >= 4 is 70.1 Å². The van der Waals surface area contributed by atoms with E-state index in [1.807, 2.05) is 0 Å². The Labute approximate surface area is 203 Å². The first-order chi connectivity index (χ1) is 15.8. The third-order valence-electron chi connectivity index (χ3n) is 4.78. The highest BCUT2D eigenvalue weighted by molar-refractivity contribution is 7.80. The van der Waals surface area contributed by atoms with Crippen molar-refractivity contribution in [3.8, 4) is 11.3 Å². The lowest BCUT2D eigenvalue weighted by molar-refractivity contribution is -0.122. The van der Waals surface area contributed by atoms with E-state index in [4.69, 9.17) is 39.8 Å². The number of benzene rings is 2. The van der Waals surface area contributed by atoms with Gasteiger partial charge in [0.2, 0.25) is 0 Å². The number of esters is 1. The molecule has 0 atom stereocenters. The summed E-state index contributed by atoms with van der Waals surface area (Å²) in [4.78, 5) is 38.3. The smallest absolute Gasteiger partial charge is 0.337 e. The van der Waals surface area contributed by atoms with E-state index in [1.165, 1.54) is 13.2 Å². The van der Waals surface area contributed by atoms with Crippen LogP contribution in [0.3, 0.4) is 0 Å². The molecule has 1 N–H and O–H groups in total. The van der Waals surface area contributed by atoms with Crippen LogP contribution >= 0.6 is 35.4 Å². The number of anilines is 1. The van der Waals surface area contributed by atoms with Gasteiger partial charge in [-0.15, -0.1) is 0 Å². The Hall–Kier alpha value is -3.46. The number of carbonyl (C=O) groups excluding carboxylic acids is 3. The highest BCUT2D eigenvalue weighted by Gasteiger charge is 2.36. The summed E-state index contributed by atoms with van der Waals surface area (Å²) >= 11 is 17.5. The second kappa shape index (κ2) is 9.19. The van der Waals surface area contributed by atoms with Gasteiger partial charge in [0.15, 0.2) is 5.11 Å². The predicted molar refractivity (Wildman–Crippen MR) is 128 cm³/mol.